The molecule has 0 radical (unpaired) electrons. The zero-order valence-corrected chi connectivity index (χ0v) is 9.90. The highest BCUT2D eigenvalue weighted by Crippen LogP contribution is 2.15. The van der Waals surface area contributed by atoms with Gasteiger partial charge in [0.2, 0.25) is 0 Å². The molecule has 0 bridgehead atoms. The SMILES string of the molecule is COC(=O)c1cc(OC)cc(Cn2cnnn2)n1. The average Bonchev–Trinajstić information content (AvgIpc) is 2.90. The molecule has 94 valence electrons. The Morgan fingerprint density at radius 2 is 2.22 bits per heavy atom. The molecule has 0 aliphatic carbocycles. The Labute approximate surface area is 103 Å². The Balaban J connectivity index is 2.31. The number of carbonyl (C=O) groups excluding carboxylic acids is 1. The number of pyridine rings is 1. The van der Waals surface area contributed by atoms with Crippen LogP contribution in [0, 0.1) is 0 Å². The minimum atomic E-state index is -0.521. The fourth-order valence-corrected chi connectivity index (χ4v) is 1.39. The Hall–Kier alpha value is -2.51. The highest BCUT2D eigenvalue weighted by molar-refractivity contribution is 5.87. The van der Waals surface area contributed by atoms with Crippen molar-refractivity contribution < 1.29 is 14.3 Å². The normalized spacial score (nSPS) is 10.1. The first-order valence-corrected chi connectivity index (χ1v) is 5.07. The third kappa shape index (κ3) is 2.59. The largest absolute Gasteiger partial charge is 0.497 e. The second-order valence-corrected chi connectivity index (χ2v) is 3.38. The molecule has 0 N–H and O–H groups in total. The van der Waals surface area contributed by atoms with Gasteiger partial charge in [-0.3, -0.25) is 0 Å². The Kier molecular flexibility index (Phi) is 3.46. The van der Waals surface area contributed by atoms with Crippen LogP contribution in [0.4, 0.5) is 0 Å². The predicted octanol–water partition coefficient (Wildman–Crippen LogP) is -0.0884. The van der Waals surface area contributed by atoms with Gasteiger partial charge >= 0.3 is 5.97 Å². The van der Waals surface area contributed by atoms with Crippen LogP contribution in [0.2, 0.25) is 0 Å². The molecule has 2 aromatic heterocycles. The predicted molar refractivity (Wildman–Crippen MR) is 59.0 cm³/mol. The number of hydrogen-bond donors (Lipinski definition) is 0. The molecular formula is C10H11N5O3. The van der Waals surface area contributed by atoms with Crippen molar-refractivity contribution in [3.8, 4) is 5.75 Å². The van der Waals surface area contributed by atoms with Crippen LogP contribution >= 0.6 is 0 Å². The van der Waals surface area contributed by atoms with Gasteiger partial charge in [0, 0.05) is 12.1 Å². The standard InChI is InChI=1S/C10H11N5O3/c1-17-8-3-7(5-15-6-11-13-14-15)12-9(4-8)10(16)18-2/h3-4,6H,5H2,1-2H3. The second-order valence-electron chi connectivity index (χ2n) is 3.38. The third-order valence-corrected chi connectivity index (χ3v) is 2.20. The number of methoxy groups -OCH3 is 2. The number of ether oxygens (including phenoxy) is 2. The summed E-state index contributed by atoms with van der Waals surface area (Å²) < 4.78 is 11.2. The first-order chi connectivity index (χ1) is 8.72. The van der Waals surface area contributed by atoms with Crippen molar-refractivity contribution in [3.05, 3.63) is 29.8 Å². The smallest absolute Gasteiger partial charge is 0.356 e. The highest BCUT2D eigenvalue weighted by atomic mass is 16.5. The van der Waals surface area contributed by atoms with Crippen LogP contribution in [0.15, 0.2) is 18.5 Å². The van der Waals surface area contributed by atoms with E-state index in [-0.39, 0.29) is 5.69 Å². The number of hydrogen-bond acceptors (Lipinski definition) is 7. The van der Waals surface area contributed by atoms with E-state index >= 15 is 0 Å². The van der Waals surface area contributed by atoms with Crippen molar-refractivity contribution in [1.82, 2.24) is 25.2 Å². The van der Waals surface area contributed by atoms with Crippen LogP contribution < -0.4 is 4.74 Å². The van der Waals surface area contributed by atoms with Crippen LogP contribution in [0.3, 0.4) is 0 Å². The molecule has 0 amide bonds. The van der Waals surface area contributed by atoms with E-state index < -0.39 is 5.97 Å². The molecule has 8 heteroatoms. The topological polar surface area (TPSA) is 92.0 Å². The molecule has 0 spiro atoms. The van der Waals surface area contributed by atoms with Crippen LogP contribution in [0.5, 0.6) is 5.75 Å². The van der Waals surface area contributed by atoms with Gasteiger partial charge in [0.15, 0.2) is 5.69 Å². The zero-order chi connectivity index (χ0) is 13.0. The number of esters is 1. The number of rotatable bonds is 4. The van der Waals surface area contributed by atoms with Crippen LogP contribution in [0.25, 0.3) is 0 Å². The minimum absolute atomic E-state index is 0.180. The van der Waals surface area contributed by atoms with Crippen molar-refractivity contribution in [1.29, 1.82) is 0 Å². The van der Waals surface area contributed by atoms with Gasteiger partial charge in [-0.05, 0) is 10.4 Å². The molecule has 2 rings (SSSR count). The van der Waals surface area contributed by atoms with E-state index in [1.54, 1.807) is 6.07 Å². The molecule has 0 saturated carbocycles. The minimum Gasteiger partial charge on any atom is -0.497 e. The number of aromatic nitrogens is 5. The molecule has 2 aromatic rings. The summed E-state index contributed by atoms with van der Waals surface area (Å²) >= 11 is 0. The van der Waals surface area contributed by atoms with E-state index in [9.17, 15) is 4.79 Å². The summed E-state index contributed by atoms with van der Waals surface area (Å²) in [6, 6.07) is 3.21. The lowest BCUT2D eigenvalue weighted by atomic mass is 10.2. The molecule has 2 heterocycles. The van der Waals surface area contributed by atoms with E-state index in [2.05, 4.69) is 25.2 Å². The molecule has 0 aliphatic heterocycles. The van der Waals surface area contributed by atoms with Gasteiger partial charge in [-0.2, -0.15) is 0 Å². The van der Waals surface area contributed by atoms with Crippen LogP contribution in [-0.4, -0.2) is 45.4 Å². The highest BCUT2D eigenvalue weighted by Gasteiger charge is 2.11. The molecular weight excluding hydrogens is 238 g/mol. The van der Waals surface area contributed by atoms with Crippen molar-refractivity contribution in [2.45, 2.75) is 6.54 Å². The molecule has 0 saturated heterocycles. The van der Waals surface area contributed by atoms with Gasteiger partial charge in [-0.25, -0.2) is 14.5 Å². The van der Waals surface area contributed by atoms with Crippen LogP contribution in [0.1, 0.15) is 16.2 Å². The van der Waals surface area contributed by atoms with Crippen molar-refractivity contribution in [2.24, 2.45) is 0 Å². The molecule has 8 nitrogen and oxygen atoms in total. The maximum Gasteiger partial charge on any atom is 0.356 e. The van der Waals surface area contributed by atoms with Crippen molar-refractivity contribution in [2.75, 3.05) is 14.2 Å². The van der Waals surface area contributed by atoms with E-state index in [0.29, 0.717) is 18.0 Å². The lowest BCUT2D eigenvalue weighted by molar-refractivity contribution is 0.0593. The van der Waals surface area contributed by atoms with Gasteiger partial charge in [0.1, 0.15) is 12.1 Å². The van der Waals surface area contributed by atoms with E-state index in [4.69, 9.17) is 4.74 Å². The third-order valence-electron chi connectivity index (χ3n) is 2.20. The Bertz CT molecular complexity index is 540. The summed E-state index contributed by atoms with van der Waals surface area (Å²) in [6.07, 6.45) is 1.46. The summed E-state index contributed by atoms with van der Waals surface area (Å²) in [4.78, 5) is 15.6. The monoisotopic (exact) mass is 249 g/mol. The van der Waals surface area contributed by atoms with Gasteiger partial charge in [0.25, 0.3) is 0 Å². The molecule has 0 atom stereocenters. The average molecular weight is 249 g/mol. The maximum absolute atomic E-state index is 11.4. The number of nitrogens with zero attached hydrogens (tertiary/aromatic N) is 5. The zero-order valence-electron chi connectivity index (χ0n) is 9.90. The summed E-state index contributed by atoms with van der Waals surface area (Å²) in [5.41, 5.74) is 0.780. The molecule has 18 heavy (non-hydrogen) atoms. The Morgan fingerprint density at radius 1 is 1.39 bits per heavy atom. The van der Waals surface area contributed by atoms with Gasteiger partial charge < -0.3 is 9.47 Å². The fourth-order valence-electron chi connectivity index (χ4n) is 1.39. The number of carbonyl (C=O) groups is 1. The van der Waals surface area contributed by atoms with E-state index in [0.717, 1.165) is 0 Å². The lowest BCUT2D eigenvalue weighted by Gasteiger charge is -2.06. The first kappa shape index (κ1) is 12.0. The summed E-state index contributed by atoms with van der Waals surface area (Å²) in [6.45, 7) is 0.341. The van der Waals surface area contributed by atoms with Gasteiger partial charge in [-0.1, -0.05) is 0 Å². The van der Waals surface area contributed by atoms with Gasteiger partial charge in [0.05, 0.1) is 26.5 Å². The molecule has 0 aromatic carbocycles. The Morgan fingerprint density at radius 3 is 2.83 bits per heavy atom. The summed E-state index contributed by atoms with van der Waals surface area (Å²) in [7, 11) is 2.81. The quantitative estimate of drug-likeness (QED) is 0.699. The fraction of sp³-hybridized carbons (Fsp3) is 0.300. The van der Waals surface area contributed by atoms with E-state index in [1.165, 1.54) is 31.3 Å². The maximum atomic E-state index is 11.4. The lowest BCUT2D eigenvalue weighted by Crippen LogP contribution is -2.09. The van der Waals surface area contributed by atoms with Crippen molar-refractivity contribution in [3.63, 3.8) is 0 Å². The number of tetrazole rings is 1. The summed E-state index contributed by atoms with van der Waals surface area (Å²) in [5, 5.41) is 10.8. The van der Waals surface area contributed by atoms with E-state index in [1.807, 2.05) is 0 Å². The first-order valence-electron chi connectivity index (χ1n) is 5.07. The molecule has 0 aliphatic rings. The summed E-state index contributed by atoms with van der Waals surface area (Å²) in [5.74, 6) is 0.000315. The van der Waals surface area contributed by atoms with Crippen LogP contribution in [-0.2, 0) is 11.3 Å². The van der Waals surface area contributed by atoms with Gasteiger partial charge in [-0.15, -0.1) is 5.10 Å². The van der Waals surface area contributed by atoms with Crippen molar-refractivity contribution >= 4 is 5.97 Å². The molecule has 0 unspecified atom stereocenters. The second kappa shape index (κ2) is 5.21. The molecule has 0 fully saturated rings.